The maximum Gasteiger partial charge on any atom is 0.346 e. The van der Waals surface area contributed by atoms with Crippen LogP contribution in [0.3, 0.4) is 0 Å². The average molecular weight is 677 g/mol. The predicted molar refractivity (Wildman–Crippen MR) is 203 cm³/mol. The standard InChI is InChI=1S/C43H36N2O4S/c1-5-43(6-2)39-23-27(28-7-8-29-21-36(50-41(29)24-28)22-30(26-44)42(46)47)9-19-37(39)38-20-14-33(25-40(38)43)45(31-10-15-34(48-3)16-11-31)32-12-17-35(49-4)18-13-32/h7-25H,5-6H2,1-4H3,(H,46,47). The molecule has 1 N–H and O–H groups in total. The lowest BCUT2D eigenvalue weighted by Crippen LogP contribution is -2.23. The number of nitrogens with zero attached hydrogens (tertiary/aromatic N) is 2. The topological polar surface area (TPSA) is 82.8 Å². The van der Waals surface area contributed by atoms with Gasteiger partial charge >= 0.3 is 5.97 Å². The molecular formula is C43H36N2O4S. The Morgan fingerprint density at radius 1 is 0.760 bits per heavy atom. The minimum absolute atomic E-state index is 0.169. The minimum atomic E-state index is -1.22. The van der Waals surface area contributed by atoms with Gasteiger partial charge in [0.05, 0.1) is 14.2 Å². The van der Waals surface area contributed by atoms with Crippen molar-refractivity contribution in [2.75, 3.05) is 19.1 Å². The molecule has 7 heteroatoms. The highest BCUT2D eigenvalue weighted by Crippen LogP contribution is 2.55. The summed E-state index contributed by atoms with van der Waals surface area (Å²) in [4.78, 5) is 14.4. The van der Waals surface area contributed by atoms with E-state index in [2.05, 4.69) is 97.6 Å². The van der Waals surface area contributed by atoms with E-state index in [0.717, 1.165) is 67.5 Å². The SMILES string of the molecule is CCC1(CC)c2cc(-c3ccc4cc(C=C(C#N)C(=O)O)sc4c3)ccc2-c2ccc(N(c3ccc(OC)cc3)c3ccc(OC)cc3)cc21. The minimum Gasteiger partial charge on any atom is -0.497 e. The fraction of sp³-hybridized carbons (Fsp3) is 0.163. The van der Waals surface area contributed by atoms with Crippen LogP contribution in [0, 0.1) is 11.3 Å². The predicted octanol–water partition coefficient (Wildman–Crippen LogP) is 11.1. The molecule has 1 aliphatic carbocycles. The Bertz CT molecular complexity index is 2260. The lowest BCUT2D eigenvalue weighted by molar-refractivity contribution is -0.132. The highest BCUT2D eigenvalue weighted by molar-refractivity contribution is 7.19. The van der Waals surface area contributed by atoms with Crippen LogP contribution in [-0.2, 0) is 10.2 Å². The summed E-state index contributed by atoms with van der Waals surface area (Å²) in [6.07, 6.45) is 3.34. The van der Waals surface area contributed by atoms with Crippen molar-refractivity contribution in [3.05, 3.63) is 131 Å². The molecule has 1 aromatic heterocycles. The number of hydrogen-bond donors (Lipinski definition) is 1. The van der Waals surface area contributed by atoms with Crippen molar-refractivity contribution in [2.45, 2.75) is 32.1 Å². The van der Waals surface area contributed by atoms with Crippen LogP contribution in [0.5, 0.6) is 11.5 Å². The smallest absolute Gasteiger partial charge is 0.346 e. The number of methoxy groups -OCH3 is 2. The van der Waals surface area contributed by atoms with Crippen LogP contribution in [0.25, 0.3) is 38.4 Å². The summed E-state index contributed by atoms with van der Waals surface area (Å²) in [6, 6.07) is 40.0. The van der Waals surface area contributed by atoms with E-state index in [0.29, 0.717) is 0 Å². The summed E-state index contributed by atoms with van der Waals surface area (Å²) in [5.41, 5.74) is 10.1. The van der Waals surface area contributed by atoms with Gasteiger partial charge in [-0.05, 0) is 137 Å². The molecule has 0 atom stereocenters. The number of aliphatic carboxylic acids is 1. The molecule has 0 spiro atoms. The molecule has 50 heavy (non-hydrogen) atoms. The van der Waals surface area contributed by atoms with E-state index >= 15 is 0 Å². The lowest BCUT2D eigenvalue weighted by Gasteiger charge is -2.32. The zero-order chi connectivity index (χ0) is 35.0. The first kappa shape index (κ1) is 32.7. The van der Waals surface area contributed by atoms with Gasteiger partial charge in [0.25, 0.3) is 0 Å². The molecule has 0 saturated heterocycles. The Morgan fingerprint density at radius 2 is 1.30 bits per heavy atom. The van der Waals surface area contributed by atoms with Crippen LogP contribution < -0.4 is 14.4 Å². The molecule has 0 unspecified atom stereocenters. The maximum absolute atomic E-state index is 11.4. The Kier molecular flexibility index (Phi) is 8.65. The number of carboxylic acids is 1. The first-order chi connectivity index (χ1) is 24.3. The van der Waals surface area contributed by atoms with E-state index in [4.69, 9.17) is 9.47 Å². The van der Waals surface area contributed by atoms with Crippen molar-refractivity contribution in [3.63, 3.8) is 0 Å². The second kappa shape index (κ2) is 13.2. The van der Waals surface area contributed by atoms with Gasteiger partial charge in [-0.25, -0.2) is 4.79 Å². The molecule has 1 heterocycles. The molecule has 0 amide bonds. The Balaban J connectivity index is 1.31. The molecule has 0 bridgehead atoms. The number of benzene rings is 5. The maximum atomic E-state index is 11.4. The third kappa shape index (κ3) is 5.58. The fourth-order valence-electron chi connectivity index (χ4n) is 7.31. The summed E-state index contributed by atoms with van der Waals surface area (Å²) in [7, 11) is 3.36. The summed E-state index contributed by atoms with van der Waals surface area (Å²) < 4.78 is 12.0. The van der Waals surface area contributed by atoms with Gasteiger partial charge < -0.3 is 19.5 Å². The molecule has 0 aliphatic heterocycles. The number of anilines is 3. The van der Waals surface area contributed by atoms with Gasteiger partial charge in [-0.15, -0.1) is 11.3 Å². The number of thiophene rings is 1. The van der Waals surface area contributed by atoms with Gasteiger partial charge in [-0.3, -0.25) is 0 Å². The summed E-state index contributed by atoms with van der Waals surface area (Å²) in [6.45, 7) is 4.57. The molecule has 5 aromatic carbocycles. The van der Waals surface area contributed by atoms with Gasteiger partial charge in [0.2, 0.25) is 0 Å². The van der Waals surface area contributed by atoms with E-state index in [1.165, 1.54) is 39.7 Å². The van der Waals surface area contributed by atoms with E-state index < -0.39 is 5.97 Å². The highest BCUT2D eigenvalue weighted by atomic mass is 32.1. The number of ether oxygens (including phenoxy) is 2. The first-order valence-electron chi connectivity index (χ1n) is 16.6. The number of nitriles is 1. The van der Waals surface area contributed by atoms with Gasteiger partial charge in [-0.2, -0.15) is 5.26 Å². The van der Waals surface area contributed by atoms with Crippen LogP contribution in [0.2, 0.25) is 0 Å². The van der Waals surface area contributed by atoms with Crippen LogP contribution >= 0.6 is 11.3 Å². The van der Waals surface area contributed by atoms with E-state index in [1.54, 1.807) is 20.3 Å². The average Bonchev–Trinajstić information content (AvgIpc) is 3.69. The lowest BCUT2D eigenvalue weighted by atomic mass is 9.73. The zero-order valence-electron chi connectivity index (χ0n) is 28.4. The first-order valence-corrected chi connectivity index (χ1v) is 17.4. The van der Waals surface area contributed by atoms with Crippen molar-refractivity contribution in [1.29, 1.82) is 5.26 Å². The largest absolute Gasteiger partial charge is 0.497 e. The van der Waals surface area contributed by atoms with E-state index in [1.807, 2.05) is 30.3 Å². The summed E-state index contributed by atoms with van der Waals surface area (Å²) >= 11 is 1.49. The van der Waals surface area contributed by atoms with Crippen LogP contribution in [-0.4, -0.2) is 25.3 Å². The second-order valence-electron chi connectivity index (χ2n) is 12.4. The Hall–Kier alpha value is -5.84. The van der Waals surface area contributed by atoms with Gasteiger partial charge in [0.1, 0.15) is 23.1 Å². The van der Waals surface area contributed by atoms with E-state index in [-0.39, 0.29) is 11.0 Å². The molecule has 7 rings (SSSR count). The Morgan fingerprint density at radius 3 is 1.86 bits per heavy atom. The Labute approximate surface area is 296 Å². The molecule has 0 radical (unpaired) electrons. The third-order valence-electron chi connectivity index (χ3n) is 9.98. The third-order valence-corrected chi connectivity index (χ3v) is 11.0. The van der Waals surface area contributed by atoms with Crippen LogP contribution in [0.15, 0.2) is 115 Å². The van der Waals surface area contributed by atoms with Gasteiger partial charge in [0.15, 0.2) is 0 Å². The number of fused-ring (bicyclic) bond motifs is 4. The number of rotatable bonds is 10. The number of carboxylic acid groups (broad SMARTS) is 1. The molecular weight excluding hydrogens is 641 g/mol. The monoisotopic (exact) mass is 676 g/mol. The highest BCUT2D eigenvalue weighted by Gasteiger charge is 2.41. The van der Waals surface area contributed by atoms with Crippen molar-refractivity contribution < 1.29 is 19.4 Å². The fourth-order valence-corrected chi connectivity index (χ4v) is 8.36. The molecule has 6 aromatic rings. The van der Waals surface area contributed by atoms with Gasteiger partial charge in [-0.1, -0.05) is 44.2 Å². The van der Waals surface area contributed by atoms with Crippen LogP contribution in [0.1, 0.15) is 42.7 Å². The second-order valence-corrected chi connectivity index (χ2v) is 13.5. The van der Waals surface area contributed by atoms with Crippen molar-refractivity contribution in [2.24, 2.45) is 0 Å². The molecule has 6 nitrogen and oxygen atoms in total. The zero-order valence-corrected chi connectivity index (χ0v) is 29.2. The summed E-state index contributed by atoms with van der Waals surface area (Å²) in [5, 5.41) is 19.6. The normalized spacial score (nSPS) is 13.0. The van der Waals surface area contributed by atoms with Crippen LogP contribution in [0.4, 0.5) is 17.1 Å². The molecule has 0 saturated carbocycles. The van der Waals surface area contributed by atoms with Gasteiger partial charge in [0, 0.05) is 32.1 Å². The van der Waals surface area contributed by atoms with E-state index in [9.17, 15) is 15.2 Å². The van der Waals surface area contributed by atoms with Crippen molar-refractivity contribution in [1.82, 2.24) is 0 Å². The number of hydrogen-bond acceptors (Lipinski definition) is 6. The van der Waals surface area contributed by atoms with Crippen molar-refractivity contribution in [3.8, 4) is 39.8 Å². The van der Waals surface area contributed by atoms with Crippen molar-refractivity contribution >= 4 is 50.5 Å². The summed E-state index contributed by atoms with van der Waals surface area (Å²) in [5.74, 6) is 0.393. The molecule has 1 aliphatic rings. The number of carbonyl (C=O) groups is 1. The molecule has 0 fully saturated rings. The molecule has 248 valence electrons. The quantitative estimate of drug-likeness (QED) is 0.115.